The zero-order chi connectivity index (χ0) is 26.1. The molecule has 4 aliphatic rings. The van der Waals surface area contributed by atoms with E-state index in [1.54, 1.807) is 0 Å². The Hall–Kier alpha value is -1.14. The number of carboxylic acids is 2. The summed E-state index contributed by atoms with van der Waals surface area (Å²) in [5, 5.41) is 25.2. The molecule has 0 aliphatic heterocycles. The molecule has 0 saturated heterocycles. The van der Waals surface area contributed by atoms with Gasteiger partial charge < -0.3 is 19.8 Å². The van der Waals surface area contributed by atoms with Crippen molar-refractivity contribution in [2.45, 2.75) is 165 Å². The molecule has 4 fully saturated rings. The number of carboxylic acid groups (broad SMARTS) is 2. The maximum Gasteiger partial charge on any atom is 0.0533 e. The molecule has 6 nitrogen and oxygen atoms in total. The Balaban J connectivity index is 1.49. The zero-order valence-electron chi connectivity index (χ0n) is 23.3. The quantitative estimate of drug-likeness (QED) is 0.362. The fourth-order valence-corrected chi connectivity index (χ4v) is 8.23. The van der Waals surface area contributed by atoms with E-state index in [1.165, 1.54) is 77.0 Å². The highest BCUT2D eigenvalue weighted by atomic mass is 16.4. The third-order valence-corrected chi connectivity index (χ3v) is 10.5. The Morgan fingerprint density at radius 1 is 0.486 bits per heavy atom. The number of rotatable bonds is 12. The van der Waals surface area contributed by atoms with Gasteiger partial charge >= 0.3 is 0 Å². The maximum atomic E-state index is 12.6. The van der Waals surface area contributed by atoms with Crippen molar-refractivity contribution in [3.8, 4) is 0 Å². The highest BCUT2D eigenvalue weighted by Gasteiger charge is 2.39. The van der Waals surface area contributed by atoms with Gasteiger partial charge in [-0.15, -0.1) is 0 Å². The van der Waals surface area contributed by atoms with Crippen LogP contribution in [0, 0.1) is 5.41 Å². The van der Waals surface area contributed by atoms with E-state index in [1.807, 2.05) is 0 Å². The van der Waals surface area contributed by atoms with Crippen molar-refractivity contribution in [1.29, 1.82) is 0 Å². The summed E-state index contributed by atoms with van der Waals surface area (Å²) in [7, 11) is 0. The van der Waals surface area contributed by atoms with E-state index in [-0.39, 0.29) is 12.8 Å². The first-order valence-corrected chi connectivity index (χ1v) is 16.0. The van der Waals surface area contributed by atoms with Crippen LogP contribution >= 0.6 is 0 Å². The van der Waals surface area contributed by atoms with Crippen molar-refractivity contribution in [3.63, 3.8) is 0 Å². The summed E-state index contributed by atoms with van der Waals surface area (Å²) < 4.78 is 0. The van der Waals surface area contributed by atoms with Crippen LogP contribution in [0.5, 0.6) is 0 Å². The van der Waals surface area contributed by atoms with Crippen molar-refractivity contribution in [2.75, 3.05) is 13.1 Å². The van der Waals surface area contributed by atoms with Crippen molar-refractivity contribution in [2.24, 2.45) is 5.41 Å². The van der Waals surface area contributed by atoms with E-state index in [9.17, 15) is 19.8 Å². The molecule has 37 heavy (non-hydrogen) atoms. The first-order valence-electron chi connectivity index (χ1n) is 16.0. The van der Waals surface area contributed by atoms with Gasteiger partial charge in [0.25, 0.3) is 0 Å². The lowest BCUT2D eigenvalue weighted by molar-refractivity contribution is -0.344. The third kappa shape index (κ3) is 7.50. The number of nitrogens with zero attached hydrogens (tertiary/aromatic N) is 2. The van der Waals surface area contributed by atoms with Crippen LogP contribution in [0.1, 0.15) is 141 Å². The lowest BCUT2D eigenvalue weighted by atomic mass is 9.79. The molecule has 0 heterocycles. The minimum atomic E-state index is -1.91. The van der Waals surface area contributed by atoms with Gasteiger partial charge in [-0.05, 0) is 77.3 Å². The largest absolute Gasteiger partial charge is 0.549 e. The average Bonchev–Trinajstić information content (AvgIpc) is 2.94. The predicted molar refractivity (Wildman–Crippen MR) is 143 cm³/mol. The molecule has 4 aliphatic carbocycles. The SMILES string of the molecule is O=C([O-])C(CCN(C1CCCCC1)C1CCCCC1)(CCN(C1CCCCC1)C1CCCCC1)C(=O)[O-]. The van der Waals surface area contributed by atoms with Crippen LogP contribution in [0.15, 0.2) is 0 Å². The molecule has 0 spiro atoms. The molecule has 0 aromatic carbocycles. The summed E-state index contributed by atoms with van der Waals surface area (Å²) in [4.78, 5) is 30.3. The standard InChI is InChI=1S/C31H54N2O4/c34-29(35)31(30(36)37,21-23-32(25-13-5-1-6-14-25)26-15-7-2-8-16-26)22-24-33(27-17-9-3-10-18-27)28-19-11-4-12-20-28/h25-28H,1-24H2,(H,34,35)(H,36,37)/p-2. The fraction of sp³-hybridized carbons (Fsp3) is 0.935. The van der Waals surface area contributed by atoms with Crippen molar-refractivity contribution < 1.29 is 19.8 Å². The van der Waals surface area contributed by atoms with Crippen LogP contribution in [0.3, 0.4) is 0 Å². The molecule has 0 unspecified atom stereocenters. The van der Waals surface area contributed by atoms with Crippen LogP contribution in [0.2, 0.25) is 0 Å². The molecule has 0 N–H and O–H groups in total. The molecule has 6 heteroatoms. The zero-order valence-corrected chi connectivity index (χ0v) is 23.3. The van der Waals surface area contributed by atoms with Crippen LogP contribution < -0.4 is 10.2 Å². The Morgan fingerprint density at radius 3 is 0.946 bits per heavy atom. The molecular weight excluding hydrogens is 464 g/mol. The smallest absolute Gasteiger partial charge is 0.0533 e. The number of hydrogen-bond acceptors (Lipinski definition) is 6. The van der Waals surface area contributed by atoms with Crippen molar-refractivity contribution in [3.05, 3.63) is 0 Å². The van der Waals surface area contributed by atoms with Crippen LogP contribution in [0.25, 0.3) is 0 Å². The van der Waals surface area contributed by atoms with Gasteiger partial charge in [-0.3, -0.25) is 9.80 Å². The molecule has 0 atom stereocenters. The second kappa shape index (κ2) is 14.3. The van der Waals surface area contributed by atoms with Gasteiger partial charge in [-0.25, -0.2) is 0 Å². The lowest BCUT2D eigenvalue weighted by Gasteiger charge is -2.46. The van der Waals surface area contributed by atoms with Gasteiger partial charge in [-0.1, -0.05) is 77.0 Å². The Bertz CT molecular complexity index is 608. The predicted octanol–water partition coefficient (Wildman–Crippen LogP) is 4.19. The highest BCUT2D eigenvalue weighted by molar-refractivity contribution is 5.96. The number of aliphatic carboxylic acids is 2. The van der Waals surface area contributed by atoms with E-state index in [4.69, 9.17) is 0 Å². The first kappa shape index (κ1) is 28.9. The molecule has 4 rings (SSSR count). The van der Waals surface area contributed by atoms with Crippen LogP contribution in [-0.2, 0) is 9.59 Å². The minimum Gasteiger partial charge on any atom is -0.549 e. The molecule has 0 bridgehead atoms. The molecule has 0 aromatic heterocycles. The summed E-state index contributed by atoms with van der Waals surface area (Å²) >= 11 is 0. The molecule has 212 valence electrons. The van der Waals surface area contributed by atoms with Gasteiger partial charge in [0, 0.05) is 24.2 Å². The van der Waals surface area contributed by atoms with Gasteiger partial charge in [0.05, 0.1) is 17.4 Å². The summed E-state index contributed by atoms with van der Waals surface area (Å²) in [5.74, 6) is -2.88. The molecule has 0 radical (unpaired) electrons. The van der Waals surface area contributed by atoms with Crippen molar-refractivity contribution >= 4 is 11.9 Å². The van der Waals surface area contributed by atoms with Gasteiger partial charge in [0.1, 0.15) is 0 Å². The van der Waals surface area contributed by atoms with E-state index >= 15 is 0 Å². The van der Waals surface area contributed by atoms with Gasteiger partial charge in [0.2, 0.25) is 0 Å². The van der Waals surface area contributed by atoms with E-state index < -0.39 is 17.4 Å². The van der Waals surface area contributed by atoms with E-state index in [0.717, 1.165) is 51.4 Å². The number of hydrogen-bond donors (Lipinski definition) is 0. The lowest BCUT2D eigenvalue weighted by Crippen LogP contribution is -2.58. The molecule has 0 aromatic rings. The third-order valence-electron chi connectivity index (χ3n) is 10.5. The normalized spacial score (nSPS) is 24.1. The summed E-state index contributed by atoms with van der Waals surface area (Å²) in [6.45, 7) is 1.06. The highest BCUT2D eigenvalue weighted by Crippen LogP contribution is 2.36. The summed E-state index contributed by atoms with van der Waals surface area (Å²) in [5.41, 5.74) is -1.91. The fourth-order valence-electron chi connectivity index (χ4n) is 8.23. The van der Waals surface area contributed by atoms with E-state index in [0.29, 0.717) is 37.3 Å². The monoisotopic (exact) mass is 516 g/mol. The Labute approximate surface area is 225 Å². The second-order valence-corrected chi connectivity index (χ2v) is 12.8. The second-order valence-electron chi connectivity index (χ2n) is 12.8. The first-order chi connectivity index (χ1) is 18.0. The van der Waals surface area contributed by atoms with Gasteiger partial charge in [0.15, 0.2) is 0 Å². The maximum absolute atomic E-state index is 12.6. The average molecular weight is 517 g/mol. The number of carbonyl (C=O) groups excluding carboxylic acids is 2. The number of carbonyl (C=O) groups is 2. The summed E-state index contributed by atoms with van der Waals surface area (Å²) in [6, 6.07) is 1.83. The van der Waals surface area contributed by atoms with E-state index in [2.05, 4.69) is 9.80 Å². The van der Waals surface area contributed by atoms with Crippen LogP contribution in [0.4, 0.5) is 0 Å². The molecular formula is C31H52N2O4-2. The summed E-state index contributed by atoms with van der Waals surface area (Å²) in [6.07, 6.45) is 24.3. The molecule has 0 amide bonds. The van der Waals surface area contributed by atoms with Crippen molar-refractivity contribution in [1.82, 2.24) is 9.80 Å². The Kier molecular flexibility index (Phi) is 11.2. The Morgan fingerprint density at radius 2 is 0.730 bits per heavy atom. The van der Waals surface area contributed by atoms with Crippen LogP contribution in [-0.4, -0.2) is 59.0 Å². The van der Waals surface area contributed by atoms with Gasteiger partial charge in [-0.2, -0.15) is 0 Å². The topological polar surface area (TPSA) is 86.7 Å². The minimum absolute atomic E-state index is 0.105. The molecule has 4 saturated carbocycles.